The monoisotopic (exact) mass is 441 g/mol. The van der Waals surface area contributed by atoms with Crippen LogP contribution >= 0.6 is 0 Å². The van der Waals surface area contributed by atoms with E-state index in [1.807, 2.05) is 0 Å². The first-order valence-electron chi connectivity index (χ1n) is 10.4. The number of benzene rings is 1. The number of aliphatic hydroxyl groups excluding tert-OH is 1. The number of phenolic OH excluding ortho intramolecular Hbond substituents is 1. The maximum atomic E-state index is 13.3. The Kier molecular flexibility index (Phi) is 6.11. The number of aromatic hydroxyl groups is 1. The summed E-state index contributed by atoms with van der Waals surface area (Å²) in [6, 6.07) is 1.34. The summed E-state index contributed by atoms with van der Waals surface area (Å²) in [5.74, 6) is -4.18. The zero-order chi connectivity index (χ0) is 24.1. The van der Waals surface area contributed by atoms with Gasteiger partial charge in [0.25, 0.3) is 0 Å². The van der Waals surface area contributed by atoms with E-state index in [2.05, 4.69) is 0 Å². The van der Waals surface area contributed by atoms with Crippen LogP contribution in [0.3, 0.4) is 0 Å². The van der Waals surface area contributed by atoms with Gasteiger partial charge in [0, 0.05) is 29.0 Å². The van der Waals surface area contributed by atoms with E-state index in [9.17, 15) is 29.4 Å². The van der Waals surface area contributed by atoms with Gasteiger partial charge in [0.2, 0.25) is 5.78 Å². The van der Waals surface area contributed by atoms with Gasteiger partial charge in [0.15, 0.2) is 11.6 Å². The van der Waals surface area contributed by atoms with E-state index in [0.717, 1.165) is 6.08 Å². The lowest BCUT2D eigenvalue weighted by Gasteiger charge is -2.38. The molecule has 0 saturated carbocycles. The summed E-state index contributed by atoms with van der Waals surface area (Å²) < 4.78 is 5.48. The molecular weight excluding hydrogens is 414 g/mol. The second-order valence-corrected chi connectivity index (χ2v) is 8.71. The summed E-state index contributed by atoms with van der Waals surface area (Å²) in [7, 11) is 0. The number of rotatable bonds is 4. The number of ether oxygens (including phenoxy) is 1. The molecule has 5 atom stereocenters. The fraction of sp³-hybridized carbons (Fsp3) is 0.417. The summed E-state index contributed by atoms with van der Waals surface area (Å²) >= 11 is 0. The molecule has 1 aromatic rings. The number of hydrogen-bond acceptors (Lipinski definition) is 8. The highest BCUT2D eigenvalue weighted by molar-refractivity contribution is 6.29. The van der Waals surface area contributed by atoms with Crippen molar-refractivity contribution in [1.82, 2.24) is 0 Å². The van der Waals surface area contributed by atoms with Crippen LogP contribution in [-0.4, -0.2) is 45.7 Å². The van der Waals surface area contributed by atoms with Gasteiger partial charge < -0.3 is 20.7 Å². The number of hydrogen-bond donors (Lipinski definition) is 3. The van der Waals surface area contributed by atoms with E-state index < -0.39 is 47.4 Å². The van der Waals surface area contributed by atoms with Crippen molar-refractivity contribution in [2.75, 3.05) is 0 Å². The van der Waals surface area contributed by atoms with Crippen molar-refractivity contribution >= 4 is 23.3 Å². The second-order valence-electron chi connectivity index (χ2n) is 8.71. The van der Waals surface area contributed by atoms with Gasteiger partial charge in [-0.05, 0) is 38.0 Å². The topological polar surface area (TPSA) is 144 Å². The van der Waals surface area contributed by atoms with Crippen molar-refractivity contribution in [1.29, 1.82) is 0 Å². The fourth-order valence-electron chi connectivity index (χ4n) is 4.38. The Morgan fingerprint density at radius 1 is 1.25 bits per heavy atom. The molecular formula is C24H27NO7. The van der Waals surface area contributed by atoms with E-state index >= 15 is 0 Å². The van der Waals surface area contributed by atoms with Crippen LogP contribution in [0.2, 0.25) is 0 Å². The van der Waals surface area contributed by atoms with Gasteiger partial charge in [-0.25, -0.2) is 0 Å². The predicted octanol–water partition coefficient (Wildman–Crippen LogP) is 2.25. The summed E-state index contributed by atoms with van der Waals surface area (Å²) in [5.41, 5.74) is 5.38. The number of carbonyl (C=O) groups is 4. The van der Waals surface area contributed by atoms with Gasteiger partial charge >= 0.3 is 5.97 Å². The third kappa shape index (κ3) is 3.75. The number of aliphatic hydroxyl groups is 1. The van der Waals surface area contributed by atoms with Crippen LogP contribution in [0.15, 0.2) is 29.5 Å². The van der Waals surface area contributed by atoms with Crippen molar-refractivity contribution in [3.63, 3.8) is 0 Å². The first-order chi connectivity index (χ1) is 14.9. The Morgan fingerprint density at radius 2 is 1.88 bits per heavy atom. The standard InChI is InChI=1S/C24H27NO7/c1-9(6-11(3)23-12(4)21(29)13(5)24(31)32-23)19(27)18-17-14(7-10(2)20(18)28)22(30)15(25)8-16(17)26/h6-8,11-13,21,23,28-29H,25H2,1-5H3/t11-,12-,13+,21-,23+/m1/s1. The molecule has 2 aliphatic rings. The number of ketones is 3. The fourth-order valence-corrected chi connectivity index (χ4v) is 4.38. The number of esters is 1. The minimum Gasteiger partial charge on any atom is -0.507 e. The zero-order valence-electron chi connectivity index (χ0n) is 18.6. The number of fused-ring (bicyclic) bond motifs is 1. The lowest BCUT2D eigenvalue weighted by molar-refractivity contribution is -0.180. The van der Waals surface area contributed by atoms with Crippen LogP contribution in [0, 0.1) is 24.7 Å². The lowest BCUT2D eigenvalue weighted by atomic mass is 9.80. The SMILES string of the molecule is CC(=C[C@@H](C)[C@@H]1OC(=O)[C@@H](C)[C@H](O)[C@H]1C)C(=O)c1c(O)c(C)cc2c1C(=O)C=C(N)C2=O. The Balaban J connectivity index is 2.01. The molecule has 1 saturated heterocycles. The molecule has 0 bridgehead atoms. The van der Waals surface area contributed by atoms with Crippen LogP contribution in [-0.2, 0) is 9.53 Å². The number of cyclic esters (lactones) is 1. The number of allylic oxidation sites excluding steroid dienone is 3. The number of carbonyl (C=O) groups excluding carboxylic acids is 4. The molecule has 1 aliphatic heterocycles. The second kappa shape index (κ2) is 8.35. The summed E-state index contributed by atoms with van der Waals surface area (Å²) in [4.78, 5) is 50.4. The van der Waals surface area contributed by atoms with E-state index in [1.165, 1.54) is 19.9 Å². The van der Waals surface area contributed by atoms with Gasteiger partial charge in [0.05, 0.1) is 23.3 Å². The number of phenols is 1. The van der Waals surface area contributed by atoms with Gasteiger partial charge in [-0.3, -0.25) is 19.2 Å². The highest BCUT2D eigenvalue weighted by atomic mass is 16.5. The molecule has 0 unspecified atom stereocenters. The highest BCUT2D eigenvalue weighted by Crippen LogP contribution is 2.35. The molecule has 4 N–H and O–H groups in total. The van der Waals surface area contributed by atoms with Gasteiger partial charge in [-0.15, -0.1) is 0 Å². The Labute approximate surface area is 185 Å². The number of nitrogens with two attached hydrogens (primary N) is 1. The Hall–Kier alpha value is -3.26. The number of aryl methyl sites for hydroxylation is 1. The number of Topliss-reactive ketones (excluding diaryl/α,β-unsaturated/α-hetero) is 2. The predicted molar refractivity (Wildman–Crippen MR) is 115 cm³/mol. The molecule has 1 aliphatic carbocycles. The summed E-state index contributed by atoms with van der Waals surface area (Å²) in [6.45, 7) is 8.14. The molecule has 8 nitrogen and oxygen atoms in total. The van der Waals surface area contributed by atoms with Gasteiger partial charge in [-0.2, -0.15) is 0 Å². The highest BCUT2D eigenvalue weighted by Gasteiger charge is 2.42. The minimum atomic E-state index is -0.873. The molecule has 0 radical (unpaired) electrons. The van der Waals surface area contributed by atoms with Gasteiger partial charge in [0.1, 0.15) is 11.9 Å². The average Bonchev–Trinajstić information content (AvgIpc) is 2.73. The molecule has 1 fully saturated rings. The zero-order valence-corrected chi connectivity index (χ0v) is 18.6. The maximum Gasteiger partial charge on any atom is 0.311 e. The average molecular weight is 441 g/mol. The quantitative estimate of drug-likeness (QED) is 0.367. The first kappa shape index (κ1) is 23.4. The van der Waals surface area contributed by atoms with Crippen LogP contribution in [0.1, 0.15) is 64.3 Å². The van der Waals surface area contributed by atoms with Crippen LogP contribution < -0.4 is 5.73 Å². The van der Waals surface area contributed by atoms with Crippen LogP contribution in [0.5, 0.6) is 5.75 Å². The van der Waals surface area contributed by atoms with E-state index in [0.29, 0.717) is 0 Å². The van der Waals surface area contributed by atoms with Gasteiger partial charge in [-0.1, -0.05) is 19.9 Å². The molecule has 1 heterocycles. The maximum absolute atomic E-state index is 13.3. The molecule has 8 heteroatoms. The summed E-state index contributed by atoms with van der Waals surface area (Å²) in [5, 5.41) is 20.9. The third-order valence-electron chi connectivity index (χ3n) is 6.34. The minimum absolute atomic E-state index is 0.0264. The molecule has 0 aromatic heterocycles. The lowest BCUT2D eigenvalue weighted by Crippen LogP contribution is -2.48. The van der Waals surface area contributed by atoms with Crippen LogP contribution in [0.25, 0.3) is 0 Å². The smallest absolute Gasteiger partial charge is 0.311 e. The summed E-state index contributed by atoms with van der Waals surface area (Å²) in [6.07, 6.45) is 1.00. The van der Waals surface area contributed by atoms with Crippen molar-refractivity contribution in [2.45, 2.75) is 46.8 Å². The molecule has 0 amide bonds. The molecule has 3 rings (SSSR count). The Morgan fingerprint density at radius 3 is 2.50 bits per heavy atom. The van der Waals surface area contributed by atoms with Crippen molar-refractivity contribution in [2.24, 2.45) is 23.5 Å². The largest absolute Gasteiger partial charge is 0.507 e. The third-order valence-corrected chi connectivity index (χ3v) is 6.34. The van der Waals surface area contributed by atoms with Crippen LogP contribution in [0.4, 0.5) is 0 Å². The van der Waals surface area contributed by atoms with Crippen molar-refractivity contribution in [3.8, 4) is 5.75 Å². The molecule has 0 spiro atoms. The van der Waals surface area contributed by atoms with E-state index in [-0.39, 0.29) is 45.2 Å². The molecule has 170 valence electrons. The van der Waals surface area contributed by atoms with Crippen molar-refractivity contribution < 1.29 is 34.1 Å². The van der Waals surface area contributed by atoms with Crippen molar-refractivity contribution in [3.05, 3.63) is 51.7 Å². The molecule has 1 aromatic carbocycles. The first-order valence-corrected chi connectivity index (χ1v) is 10.4. The normalized spacial score (nSPS) is 26.9. The van der Waals surface area contributed by atoms with E-state index in [4.69, 9.17) is 10.5 Å². The molecule has 32 heavy (non-hydrogen) atoms. The Bertz CT molecular complexity index is 1100. The van der Waals surface area contributed by atoms with E-state index in [1.54, 1.807) is 26.8 Å².